The molecule has 10 heteroatoms. The maximum Gasteiger partial charge on any atom is 0.265 e. The van der Waals surface area contributed by atoms with E-state index in [2.05, 4.69) is 4.98 Å². The highest BCUT2D eigenvalue weighted by atomic mass is 35.5. The Kier molecular flexibility index (Phi) is 5.98. The van der Waals surface area contributed by atoms with Gasteiger partial charge in [0.1, 0.15) is 16.3 Å². The van der Waals surface area contributed by atoms with Gasteiger partial charge in [0.15, 0.2) is 15.6 Å². The van der Waals surface area contributed by atoms with Crippen molar-refractivity contribution in [3.8, 4) is 5.69 Å². The molecule has 158 valence electrons. The summed E-state index contributed by atoms with van der Waals surface area (Å²) in [7, 11) is -3.75. The maximum absolute atomic E-state index is 12.8. The van der Waals surface area contributed by atoms with Crippen LogP contribution >= 0.6 is 34.5 Å². The van der Waals surface area contributed by atoms with Crippen LogP contribution in [-0.4, -0.2) is 29.5 Å². The number of hydrogen-bond donors (Lipinski definition) is 0. The minimum Gasteiger partial charge on any atom is -0.298 e. The minimum absolute atomic E-state index is 0.0578. The molecular weight excluding hydrogens is 479 g/mol. The van der Waals surface area contributed by atoms with Crippen LogP contribution in [0.3, 0.4) is 0 Å². The van der Waals surface area contributed by atoms with Gasteiger partial charge in [-0.05, 0) is 42.0 Å². The summed E-state index contributed by atoms with van der Waals surface area (Å²) < 4.78 is 26.4. The van der Waals surface area contributed by atoms with E-state index in [4.69, 9.17) is 23.2 Å². The fraction of sp³-hybridized carbons (Fsp3) is 0.0952. The number of sulfone groups is 1. The number of Topliss-reactive ketones (excluding diaryl/α,β-unsaturated/α-hetero) is 1. The lowest BCUT2D eigenvalue weighted by Gasteiger charge is -2.10. The van der Waals surface area contributed by atoms with Gasteiger partial charge in [0, 0.05) is 6.42 Å². The SMILES string of the molecule is O=C(Cc1ccc(-n2cnc3ccccc3c2=O)c(Cl)c1)CS(=O)(=O)c1ccc(Cl)s1. The fourth-order valence-corrected chi connectivity index (χ4v) is 6.23. The molecule has 4 rings (SSSR count). The molecule has 0 bridgehead atoms. The van der Waals surface area contributed by atoms with E-state index in [9.17, 15) is 18.0 Å². The summed E-state index contributed by atoms with van der Waals surface area (Å²) in [6.45, 7) is 0. The lowest BCUT2D eigenvalue weighted by Crippen LogP contribution is -2.19. The highest BCUT2D eigenvalue weighted by Gasteiger charge is 2.21. The van der Waals surface area contributed by atoms with E-state index in [1.165, 1.54) is 23.0 Å². The average Bonchev–Trinajstić information content (AvgIpc) is 3.16. The normalized spacial score (nSPS) is 11.7. The average molecular weight is 493 g/mol. The summed E-state index contributed by atoms with van der Waals surface area (Å²) in [4.78, 5) is 29.4. The van der Waals surface area contributed by atoms with E-state index < -0.39 is 21.4 Å². The maximum atomic E-state index is 12.8. The van der Waals surface area contributed by atoms with Crippen molar-refractivity contribution >= 4 is 61.1 Å². The number of aromatic nitrogens is 2. The molecule has 0 N–H and O–H groups in total. The summed E-state index contributed by atoms with van der Waals surface area (Å²) >= 11 is 13.1. The molecule has 31 heavy (non-hydrogen) atoms. The topological polar surface area (TPSA) is 86.1 Å². The van der Waals surface area contributed by atoms with Crippen molar-refractivity contribution in [3.05, 3.63) is 86.2 Å². The van der Waals surface area contributed by atoms with Crippen molar-refractivity contribution in [2.45, 2.75) is 10.6 Å². The van der Waals surface area contributed by atoms with Crippen LogP contribution < -0.4 is 5.56 Å². The molecule has 0 spiro atoms. The number of halogens is 2. The van der Waals surface area contributed by atoms with Crippen LogP contribution in [0.2, 0.25) is 9.36 Å². The number of thiophene rings is 1. The molecule has 2 aromatic carbocycles. The predicted octanol–water partition coefficient (Wildman–Crippen LogP) is 4.34. The third-order valence-electron chi connectivity index (χ3n) is 4.54. The molecule has 0 atom stereocenters. The molecule has 2 heterocycles. The van der Waals surface area contributed by atoms with E-state index in [0.717, 1.165) is 11.3 Å². The van der Waals surface area contributed by atoms with Crippen LogP contribution in [0.1, 0.15) is 5.56 Å². The molecule has 0 aliphatic heterocycles. The molecular formula is C21H14Cl2N2O4S2. The Labute approximate surface area is 191 Å². The number of ketones is 1. The summed E-state index contributed by atoms with van der Waals surface area (Å²) in [6.07, 6.45) is 1.29. The molecule has 0 fully saturated rings. The van der Waals surface area contributed by atoms with E-state index in [0.29, 0.717) is 26.5 Å². The van der Waals surface area contributed by atoms with Crippen LogP contribution in [0.5, 0.6) is 0 Å². The van der Waals surface area contributed by atoms with Crippen LogP contribution in [0.25, 0.3) is 16.6 Å². The highest BCUT2D eigenvalue weighted by Crippen LogP contribution is 2.27. The highest BCUT2D eigenvalue weighted by molar-refractivity contribution is 7.94. The first-order valence-corrected chi connectivity index (χ1v) is 12.2. The van der Waals surface area contributed by atoms with Crippen molar-refractivity contribution in [3.63, 3.8) is 0 Å². The van der Waals surface area contributed by atoms with Gasteiger partial charge >= 0.3 is 0 Å². The Morgan fingerprint density at radius 3 is 2.55 bits per heavy atom. The van der Waals surface area contributed by atoms with Crippen molar-refractivity contribution in [2.75, 3.05) is 5.75 Å². The van der Waals surface area contributed by atoms with Crippen molar-refractivity contribution in [1.82, 2.24) is 9.55 Å². The third-order valence-corrected chi connectivity index (χ3v) is 8.34. The molecule has 4 aromatic rings. The fourth-order valence-electron chi connectivity index (χ4n) is 3.12. The number of fused-ring (bicyclic) bond motifs is 1. The number of para-hydroxylation sites is 1. The van der Waals surface area contributed by atoms with Gasteiger partial charge < -0.3 is 0 Å². The van der Waals surface area contributed by atoms with Gasteiger partial charge in [-0.25, -0.2) is 13.4 Å². The zero-order valence-electron chi connectivity index (χ0n) is 15.8. The number of nitrogens with zero attached hydrogens (tertiary/aromatic N) is 2. The first-order valence-electron chi connectivity index (χ1n) is 8.99. The number of hydrogen-bond acceptors (Lipinski definition) is 6. The monoisotopic (exact) mass is 492 g/mol. The van der Waals surface area contributed by atoms with E-state index in [1.807, 2.05) is 0 Å². The summed E-state index contributed by atoms with van der Waals surface area (Å²) in [5.74, 6) is -1.10. The van der Waals surface area contributed by atoms with Gasteiger partial charge in [-0.2, -0.15) is 0 Å². The van der Waals surface area contributed by atoms with Gasteiger partial charge in [0.05, 0.1) is 25.9 Å². The first kappa shape index (κ1) is 21.7. The number of rotatable bonds is 6. The largest absolute Gasteiger partial charge is 0.298 e. The van der Waals surface area contributed by atoms with Crippen LogP contribution in [0.4, 0.5) is 0 Å². The molecule has 0 saturated heterocycles. The van der Waals surface area contributed by atoms with Crippen LogP contribution in [0.15, 0.2) is 69.9 Å². The van der Waals surface area contributed by atoms with Gasteiger partial charge in [-0.3, -0.25) is 14.2 Å². The first-order chi connectivity index (χ1) is 14.7. The van der Waals surface area contributed by atoms with E-state index in [1.54, 1.807) is 42.5 Å². The van der Waals surface area contributed by atoms with E-state index in [-0.39, 0.29) is 21.2 Å². The zero-order valence-corrected chi connectivity index (χ0v) is 18.9. The number of carbonyl (C=O) groups excluding carboxylic acids is 1. The molecule has 0 saturated carbocycles. The number of benzene rings is 2. The van der Waals surface area contributed by atoms with Crippen molar-refractivity contribution < 1.29 is 13.2 Å². The predicted molar refractivity (Wildman–Crippen MR) is 122 cm³/mol. The minimum atomic E-state index is -3.75. The second kappa shape index (κ2) is 8.55. The molecule has 0 radical (unpaired) electrons. The Balaban J connectivity index is 1.56. The molecule has 0 aliphatic rings. The summed E-state index contributed by atoms with van der Waals surface area (Å²) in [5, 5.41) is 0.705. The molecule has 2 aromatic heterocycles. The lowest BCUT2D eigenvalue weighted by atomic mass is 10.1. The third kappa shape index (κ3) is 4.57. The Morgan fingerprint density at radius 1 is 1.06 bits per heavy atom. The van der Waals surface area contributed by atoms with Gasteiger partial charge in [-0.1, -0.05) is 41.4 Å². The lowest BCUT2D eigenvalue weighted by molar-refractivity contribution is -0.116. The quantitative estimate of drug-likeness (QED) is 0.399. The Hall–Kier alpha value is -2.52. The standard InChI is InChI=1S/C21H14Cl2N2O4S2/c22-16-10-13(9-14(26)11-31(28,29)20-8-7-19(23)30-20)5-6-18(16)25-12-24-17-4-2-1-3-15(17)21(25)27/h1-8,10,12H,9,11H2. The molecule has 0 aliphatic carbocycles. The Morgan fingerprint density at radius 2 is 1.84 bits per heavy atom. The summed E-state index contributed by atoms with van der Waals surface area (Å²) in [6, 6.07) is 14.6. The molecule has 0 amide bonds. The van der Waals surface area contributed by atoms with Gasteiger partial charge in [-0.15, -0.1) is 11.3 Å². The smallest absolute Gasteiger partial charge is 0.265 e. The number of carbonyl (C=O) groups is 1. The van der Waals surface area contributed by atoms with Crippen molar-refractivity contribution in [1.29, 1.82) is 0 Å². The molecule has 0 unspecified atom stereocenters. The Bertz CT molecular complexity index is 1480. The van der Waals surface area contributed by atoms with Gasteiger partial charge in [0.25, 0.3) is 5.56 Å². The van der Waals surface area contributed by atoms with Crippen molar-refractivity contribution in [2.24, 2.45) is 0 Å². The summed E-state index contributed by atoms with van der Waals surface area (Å²) in [5.41, 5.74) is 1.27. The van der Waals surface area contributed by atoms with Crippen LogP contribution in [0, 0.1) is 0 Å². The second-order valence-corrected chi connectivity index (χ2v) is 11.1. The zero-order chi connectivity index (χ0) is 22.2. The molecule has 6 nitrogen and oxygen atoms in total. The second-order valence-electron chi connectivity index (χ2n) is 6.76. The van der Waals surface area contributed by atoms with Gasteiger partial charge in [0.2, 0.25) is 0 Å². The van der Waals surface area contributed by atoms with E-state index >= 15 is 0 Å². The van der Waals surface area contributed by atoms with Crippen LogP contribution in [-0.2, 0) is 21.1 Å².